The Morgan fingerprint density at radius 2 is 2.06 bits per heavy atom. The first-order valence-corrected chi connectivity index (χ1v) is 6.28. The van der Waals surface area contributed by atoms with Gasteiger partial charge in [-0.3, -0.25) is 0 Å². The molecule has 0 amide bonds. The molecule has 0 saturated carbocycles. The predicted octanol–water partition coefficient (Wildman–Crippen LogP) is 1.96. The quantitative estimate of drug-likeness (QED) is 0.738. The van der Waals surface area contributed by atoms with Crippen molar-refractivity contribution < 1.29 is 0 Å². The molecule has 0 radical (unpaired) electrons. The van der Waals surface area contributed by atoms with Gasteiger partial charge in [0.2, 0.25) is 0 Å². The van der Waals surface area contributed by atoms with Gasteiger partial charge in [0.25, 0.3) is 0 Å². The first-order valence-electron chi connectivity index (χ1n) is 5.91. The highest BCUT2D eigenvalue weighted by molar-refractivity contribution is 6.30. The molecule has 94 valence electrons. The molecule has 0 bridgehead atoms. The highest BCUT2D eigenvalue weighted by atomic mass is 35.5. The van der Waals surface area contributed by atoms with E-state index in [0.29, 0.717) is 11.0 Å². The van der Waals surface area contributed by atoms with Gasteiger partial charge in [0.1, 0.15) is 22.6 Å². The lowest BCUT2D eigenvalue weighted by Crippen LogP contribution is -2.34. The Morgan fingerprint density at radius 3 is 2.89 bits per heavy atom. The van der Waals surface area contributed by atoms with Crippen LogP contribution in [-0.2, 0) is 13.1 Å². The Bertz CT molecular complexity index is 592. The van der Waals surface area contributed by atoms with Crippen LogP contribution >= 0.6 is 11.6 Å². The Morgan fingerprint density at radius 1 is 1.22 bits per heavy atom. The van der Waals surface area contributed by atoms with Crippen molar-refractivity contribution in [2.24, 2.45) is 0 Å². The van der Waals surface area contributed by atoms with Gasteiger partial charge >= 0.3 is 0 Å². The number of halogens is 1. The molecule has 1 aliphatic rings. The number of aryl methyl sites for hydroxylation is 1. The van der Waals surface area contributed by atoms with Crippen molar-refractivity contribution in [3.05, 3.63) is 34.8 Å². The molecule has 0 aromatic carbocycles. The lowest BCUT2D eigenvalue weighted by Gasteiger charge is -2.29. The molecule has 1 aliphatic heterocycles. The SMILES string of the molecule is Cc1nc(Cl)c(C)c(N2CCn3ccnc3C2)n1. The molecule has 0 unspecified atom stereocenters. The summed E-state index contributed by atoms with van der Waals surface area (Å²) in [4.78, 5) is 15.2. The van der Waals surface area contributed by atoms with E-state index in [4.69, 9.17) is 11.6 Å². The smallest absolute Gasteiger partial charge is 0.137 e. The van der Waals surface area contributed by atoms with Crippen LogP contribution in [0.4, 0.5) is 5.82 Å². The van der Waals surface area contributed by atoms with Crippen LogP contribution < -0.4 is 4.90 Å². The van der Waals surface area contributed by atoms with Gasteiger partial charge in [-0.05, 0) is 13.8 Å². The van der Waals surface area contributed by atoms with Crippen LogP contribution in [0.3, 0.4) is 0 Å². The zero-order valence-corrected chi connectivity index (χ0v) is 11.1. The summed E-state index contributed by atoms with van der Waals surface area (Å²) in [7, 11) is 0. The number of imidazole rings is 1. The molecule has 2 aromatic rings. The van der Waals surface area contributed by atoms with E-state index in [1.165, 1.54) is 0 Å². The molecule has 0 N–H and O–H groups in total. The Labute approximate surface area is 110 Å². The maximum absolute atomic E-state index is 6.12. The van der Waals surface area contributed by atoms with Crippen LogP contribution in [-0.4, -0.2) is 26.1 Å². The van der Waals surface area contributed by atoms with Crippen LogP contribution in [0.25, 0.3) is 0 Å². The third kappa shape index (κ3) is 1.84. The van der Waals surface area contributed by atoms with Crippen LogP contribution in [0.2, 0.25) is 5.15 Å². The van der Waals surface area contributed by atoms with Gasteiger partial charge in [-0.25, -0.2) is 15.0 Å². The minimum Gasteiger partial charge on any atom is -0.347 e. The van der Waals surface area contributed by atoms with Crippen molar-refractivity contribution in [3.8, 4) is 0 Å². The molecule has 5 nitrogen and oxygen atoms in total. The van der Waals surface area contributed by atoms with E-state index in [1.807, 2.05) is 26.2 Å². The van der Waals surface area contributed by atoms with Gasteiger partial charge in [-0.1, -0.05) is 11.6 Å². The first kappa shape index (κ1) is 11.5. The molecule has 0 fully saturated rings. The number of hydrogen-bond acceptors (Lipinski definition) is 4. The van der Waals surface area contributed by atoms with Crippen LogP contribution in [0.1, 0.15) is 17.2 Å². The molecular weight excluding hydrogens is 250 g/mol. The van der Waals surface area contributed by atoms with Gasteiger partial charge in [0.05, 0.1) is 6.54 Å². The van der Waals surface area contributed by atoms with E-state index in [9.17, 15) is 0 Å². The number of rotatable bonds is 1. The van der Waals surface area contributed by atoms with E-state index in [-0.39, 0.29) is 0 Å². The summed E-state index contributed by atoms with van der Waals surface area (Å²) in [6, 6.07) is 0. The molecule has 3 rings (SSSR count). The standard InChI is InChI=1S/C12H14ClN5/c1-8-11(13)15-9(2)16-12(8)18-6-5-17-4-3-14-10(17)7-18/h3-4H,5-7H2,1-2H3. The molecule has 0 saturated heterocycles. The lowest BCUT2D eigenvalue weighted by molar-refractivity contribution is 0.554. The van der Waals surface area contributed by atoms with Gasteiger partial charge in [0, 0.05) is 31.0 Å². The predicted molar refractivity (Wildman–Crippen MR) is 69.8 cm³/mol. The fraction of sp³-hybridized carbons (Fsp3) is 0.417. The van der Waals surface area contributed by atoms with Crippen molar-refractivity contribution in [2.45, 2.75) is 26.9 Å². The minimum atomic E-state index is 0.534. The second kappa shape index (κ2) is 4.24. The zero-order chi connectivity index (χ0) is 12.7. The Balaban J connectivity index is 1.98. The summed E-state index contributed by atoms with van der Waals surface area (Å²) in [6.07, 6.45) is 3.85. The number of hydrogen-bond donors (Lipinski definition) is 0. The van der Waals surface area contributed by atoms with Crippen molar-refractivity contribution in [1.82, 2.24) is 19.5 Å². The minimum absolute atomic E-state index is 0.534. The second-order valence-electron chi connectivity index (χ2n) is 4.47. The average Bonchev–Trinajstić information content (AvgIpc) is 2.80. The van der Waals surface area contributed by atoms with Crippen molar-refractivity contribution in [2.75, 3.05) is 11.4 Å². The van der Waals surface area contributed by atoms with E-state index in [1.54, 1.807) is 0 Å². The van der Waals surface area contributed by atoms with Gasteiger partial charge < -0.3 is 9.47 Å². The van der Waals surface area contributed by atoms with Gasteiger partial charge in [-0.2, -0.15) is 0 Å². The summed E-state index contributed by atoms with van der Waals surface area (Å²) >= 11 is 6.12. The van der Waals surface area contributed by atoms with E-state index in [0.717, 1.165) is 36.8 Å². The monoisotopic (exact) mass is 263 g/mol. The molecular formula is C12H14ClN5. The molecule has 0 spiro atoms. The summed E-state index contributed by atoms with van der Waals surface area (Å²) in [6.45, 7) is 6.42. The Hall–Kier alpha value is -1.62. The molecule has 0 atom stereocenters. The molecule has 0 aliphatic carbocycles. The third-order valence-electron chi connectivity index (χ3n) is 3.22. The number of aromatic nitrogens is 4. The van der Waals surface area contributed by atoms with Crippen LogP contribution in [0, 0.1) is 13.8 Å². The average molecular weight is 264 g/mol. The fourth-order valence-electron chi connectivity index (χ4n) is 2.24. The third-order valence-corrected chi connectivity index (χ3v) is 3.58. The Kier molecular flexibility index (Phi) is 2.70. The van der Waals surface area contributed by atoms with Gasteiger partial charge in [0.15, 0.2) is 0 Å². The zero-order valence-electron chi connectivity index (χ0n) is 10.4. The van der Waals surface area contributed by atoms with Crippen LogP contribution in [0.5, 0.6) is 0 Å². The normalized spacial score (nSPS) is 14.7. The van der Waals surface area contributed by atoms with Crippen molar-refractivity contribution in [1.29, 1.82) is 0 Å². The fourth-order valence-corrected chi connectivity index (χ4v) is 2.45. The highest BCUT2D eigenvalue weighted by Crippen LogP contribution is 2.26. The van der Waals surface area contributed by atoms with Crippen molar-refractivity contribution in [3.63, 3.8) is 0 Å². The van der Waals surface area contributed by atoms with Crippen LogP contribution in [0.15, 0.2) is 12.4 Å². The lowest BCUT2D eigenvalue weighted by atomic mass is 10.2. The largest absolute Gasteiger partial charge is 0.347 e. The maximum Gasteiger partial charge on any atom is 0.137 e. The highest BCUT2D eigenvalue weighted by Gasteiger charge is 2.20. The summed E-state index contributed by atoms with van der Waals surface area (Å²) < 4.78 is 2.17. The summed E-state index contributed by atoms with van der Waals surface area (Å²) in [5.41, 5.74) is 0.933. The van der Waals surface area contributed by atoms with Gasteiger partial charge in [-0.15, -0.1) is 0 Å². The first-order chi connectivity index (χ1) is 8.65. The summed E-state index contributed by atoms with van der Waals surface area (Å²) in [5, 5.41) is 0.534. The molecule has 6 heteroatoms. The van der Waals surface area contributed by atoms with E-state index >= 15 is 0 Å². The molecule has 18 heavy (non-hydrogen) atoms. The molecule has 2 aromatic heterocycles. The maximum atomic E-state index is 6.12. The summed E-state index contributed by atoms with van der Waals surface area (Å²) in [5.74, 6) is 2.68. The molecule has 3 heterocycles. The number of fused-ring (bicyclic) bond motifs is 1. The van der Waals surface area contributed by atoms with Crippen molar-refractivity contribution >= 4 is 17.4 Å². The van der Waals surface area contributed by atoms with E-state index < -0.39 is 0 Å². The second-order valence-corrected chi connectivity index (χ2v) is 4.83. The van der Waals surface area contributed by atoms with E-state index in [2.05, 4.69) is 24.4 Å². The topological polar surface area (TPSA) is 46.8 Å². The number of anilines is 1. The number of nitrogens with zero attached hydrogens (tertiary/aromatic N) is 5.